The van der Waals surface area contributed by atoms with Crippen LogP contribution >= 0.6 is 0 Å². The summed E-state index contributed by atoms with van der Waals surface area (Å²) in [6, 6.07) is 1.89. The minimum absolute atomic E-state index is 0.554. The Balaban J connectivity index is 1.86. The van der Waals surface area contributed by atoms with Crippen molar-refractivity contribution in [2.24, 2.45) is 0 Å². The average molecular weight is 204 g/mol. The number of nitrogens with two attached hydrogens (primary N) is 1. The van der Waals surface area contributed by atoms with Gasteiger partial charge in [-0.2, -0.15) is 5.10 Å². The van der Waals surface area contributed by atoms with Crippen LogP contribution < -0.4 is 11.1 Å². The van der Waals surface area contributed by atoms with Crippen molar-refractivity contribution < 1.29 is 0 Å². The fourth-order valence-corrected chi connectivity index (χ4v) is 1.21. The molecule has 6 heteroatoms. The maximum Gasteiger partial charge on any atom is 0.152 e. The Bertz CT molecular complexity index is 410. The molecule has 0 saturated carbocycles. The van der Waals surface area contributed by atoms with E-state index in [1.54, 1.807) is 12.4 Å². The average Bonchev–Trinajstić information content (AvgIpc) is 2.74. The van der Waals surface area contributed by atoms with Gasteiger partial charge in [-0.05, 0) is 6.07 Å². The molecule has 2 aromatic rings. The molecule has 0 amide bonds. The van der Waals surface area contributed by atoms with Crippen molar-refractivity contribution >= 4 is 11.5 Å². The molecule has 2 rings (SSSR count). The van der Waals surface area contributed by atoms with E-state index in [0.717, 1.165) is 13.1 Å². The Labute approximate surface area is 87.2 Å². The van der Waals surface area contributed by atoms with Crippen LogP contribution in [0, 0.1) is 0 Å². The molecule has 78 valence electrons. The molecule has 15 heavy (non-hydrogen) atoms. The van der Waals surface area contributed by atoms with Crippen LogP contribution in [0.3, 0.4) is 0 Å². The van der Waals surface area contributed by atoms with Crippen LogP contribution in [-0.2, 0) is 6.54 Å². The summed E-state index contributed by atoms with van der Waals surface area (Å²) in [7, 11) is 0. The van der Waals surface area contributed by atoms with E-state index in [2.05, 4.69) is 20.4 Å². The van der Waals surface area contributed by atoms with Crippen molar-refractivity contribution in [1.82, 2.24) is 19.7 Å². The number of nitrogens with zero attached hydrogens (tertiary/aromatic N) is 4. The number of nitrogens with one attached hydrogen (secondary N) is 1. The second kappa shape index (κ2) is 4.41. The Hall–Kier alpha value is -2.11. The van der Waals surface area contributed by atoms with Crippen LogP contribution in [0.5, 0.6) is 0 Å². The Morgan fingerprint density at radius 1 is 1.47 bits per heavy atom. The zero-order chi connectivity index (χ0) is 10.5. The first-order chi connectivity index (χ1) is 7.36. The number of aromatic nitrogens is 4. The van der Waals surface area contributed by atoms with Crippen LogP contribution in [0.25, 0.3) is 0 Å². The smallest absolute Gasteiger partial charge is 0.152 e. The van der Waals surface area contributed by atoms with Gasteiger partial charge in [-0.1, -0.05) is 0 Å². The van der Waals surface area contributed by atoms with E-state index in [9.17, 15) is 0 Å². The van der Waals surface area contributed by atoms with Crippen molar-refractivity contribution in [1.29, 1.82) is 0 Å². The number of anilines is 2. The lowest BCUT2D eigenvalue weighted by molar-refractivity contribution is 0.637. The molecule has 0 atom stereocenters. The van der Waals surface area contributed by atoms with Gasteiger partial charge in [0, 0.05) is 18.9 Å². The van der Waals surface area contributed by atoms with Gasteiger partial charge in [0.1, 0.15) is 6.33 Å². The predicted molar refractivity (Wildman–Crippen MR) is 57.2 cm³/mol. The second-order valence-electron chi connectivity index (χ2n) is 3.02. The summed E-state index contributed by atoms with van der Waals surface area (Å²) in [4.78, 5) is 7.83. The Morgan fingerprint density at radius 2 is 2.40 bits per heavy atom. The molecule has 3 N–H and O–H groups in total. The highest BCUT2D eigenvalue weighted by Crippen LogP contribution is 2.10. The van der Waals surface area contributed by atoms with Gasteiger partial charge in [-0.15, -0.1) is 0 Å². The molecule has 6 nitrogen and oxygen atoms in total. The number of hydrogen-bond donors (Lipinski definition) is 2. The van der Waals surface area contributed by atoms with Crippen LogP contribution in [0.1, 0.15) is 0 Å². The summed E-state index contributed by atoms with van der Waals surface area (Å²) in [5, 5.41) is 7.20. The fraction of sp³-hybridized carbons (Fsp3) is 0.222. The third kappa shape index (κ3) is 2.43. The molecule has 0 fully saturated rings. The molecule has 0 spiro atoms. The molecule has 0 aliphatic heterocycles. The van der Waals surface area contributed by atoms with Crippen LogP contribution in [0.4, 0.5) is 11.5 Å². The van der Waals surface area contributed by atoms with E-state index < -0.39 is 0 Å². The zero-order valence-corrected chi connectivity index (χ0v) is 8.17. The van der Waals surface area contributed by atoms with Crippen molar-refractivity contribution in [3.8, 4) is 0 Å². The lowest BCUT2D eigenvalue weighted by Gasteiger charge is -2.06. The molecule has 0 bridgehead atoms. The SMILES string of the molecule is Nc1cncnc1NCCn1cccn1. The Morgan fingerprint density at radius 3 is 3.13 bits per heavy atom. The minimum atomic E-state index is 0.554. The molecule has 0 aromatic carbocycles. The van der Waals surface area contributed by atoms with Gasteiger partial charge in [0.2, 0.25) is 0 Å². The quantitative estimate of drug-likeness (QED) is 0.751. The Kier molecular flexibility index (Phi) is 2.77. The molecule has 0 radical (unpaired) electrons. The molecule has 0 aliphatic carbocycles. The molecule has 2 heterocycles. The van der Waals surface area contributed by atoms with Gasteiger partial charge in [0.25, 0.3) is 0 Å². The van der Waals surface area contributed by atoms with E-state index in [-0.39, 0.29) is 0 Å². The van der Waals surface area contributed by atoms with Crippen molar-refractivity contribution in [3.05, 3.63) is 31.0 Å². The molecule has 0 saturated heterocycles. The van der Waals surface area contributed by atoms with Crippen molar-refractivity contribution in [2.45, 2.75) is 6.54 Å². The van der Waals surface area contributed by atoms with Crippen LogP contribution in [0.2, 0.25) is 0 Å². The van der Waals surface area contributed by atoms with Gasteiger partial charge in [0.05, 0.1) is 18.4 Å². The molecular formula is C9H12N6. The lowest BCUT2D eigenvalue weighted by Crippen LogP contribution is -2.12. The van der Waals surface area contributed by atoms with E-state index in [1.807, 2.05) is 16.9 Å². The molecule has 2 aromatic heterocycles. The summed E-state index contributed by atoms with van der Waals surface area (Å²) >= 11 is 0. The fourth-order valence-electron chi connectivity index (χ4n) is 1.21. The molecular weight excluding hydrogens is 192 g/mol. The summed E-state index contributed by atoms with van der Waals surface area (Å²) in [5.41, 5.74) is 6.22. The third-order valence-corrected chi connectivity index (χ3v) is 1.93. The van der Waals surface area contributed by atoms with Gasteiger partial charge < -0.3 is 11.1 Å². The van der Waals surface area contributed by atoms with E-state index in [1.165, 1.54) is 6.33 Å². The number of nitrogen functional groups attached to an aromatic ring is 1. The first kappa shape index (κ1) is 9.45. The van der Waals surface area contributed by atoms with Gasteiger partial charge in [-0.25, -0.2) is 9.97 Å². The third-order valence-electron chi connectivity index (χ3n) is 1.93. The van der Waals surface area contributed by atoms with E-state index in [4.69, 9.17) is 5.73 Å². The standard InChI is InChI=1S/C9H12N6/c10-8-6-11-7-13-9(8)12-3-5-15-4-1-2-14-15/h1-2,4,6-7H,3,5,10H2,(H,11,12,13). The second-order valence-corrected chi connectivity index (χ2v) is 3.02. The van der Waals surface area contributed by atoms with Crippen molar-refractivity contribution in [2.75, 3.05) is 17.6 Å². The van der Waals surface area contributed by atoms with E-state index in [0.29, 0.717) is 11.5 Å². The first-order valence-corrected chi connectivity index (χ1v) is 4.63. The minimum Gasteiger partial charge on any atom is -0.394 e. The van der Waals surface area contributed by atoms with Crippen LogP contribution in [-0.4, -0.2) is 26.3 Å². The topological polar surface area (TPSA) is 81.6 Å². The summed E-state index contributed by atoms with van der Waals surface area (Å²) in [6.07, 6.45) is 6.69. The molecule has 0 unspecified atom stereocenters. The van der Waals surface area contributed by atoms with Gasteiger partial charge >= 0.3 is 0 Å². The lowest BCUT2D eigenvalue weighted by atomic mass is 10.5. The summed E-state index contributed by atoms with van der Waals surface area (Å²) < 4.78 is 1.84. The monoisotopic (exact) mass is 204 g/mol. The number of rotatable bonds is 4. The maximum absolute atomic E-state index is 5.67. The highest BCUT2D eigenvalue weighted by molar-refractivity contribution is 5.58. The zero-order valence-electron chi connectivity index (χ0n) is 8.17. The molecule has 0 aliphatic rings. The van der Waals surface area contributed by atoms with E-state index >= 15 is 0 Å². The summed E-state index contributed by atoms with van der Waals surface area (Å²) in [5.74, 6) is 0.664. The largest absolute Gasteiger partial charge is 0.394 e. The highest BCUT2D eigenvalue weighted by atomic mass is 15.3. The predicted octanol–water partition coefficient (Wildman–Crippen LogP) is 0.367. The van der Waals surface area contributed by atoms with Gasteiger partial charge in [-0.3, -0.25) is 4.68 Å². The van der Waals surface area contributed by atoms with Gasteiger partial charge in [0.15, 0.2) is 5.82 Å². The van der Waals surface area contributed by atoms with Crippen molar-refractivity contribution in [3.63, 3.8) is 0 Å². The highest BCUT2D eigenvalue weighted by Gasteiger charge is 1.98. The normalized spacial score (nSPS) is 10.1. The number of hydrogen-bond acceptors (Lipinski definition) is 5. The first-order valence-electron chi connectivity index (χ1n) is 4.63. The maximum atomic E-state index is 5.67. The summed E-state index contributed by atoms with van der Waals surface area (Å²) in [6.45, 7) is 1.50. The van der Waals surface area contributed by atoms with Crippen LogP contribution in [0.15, 0.2) is 31.0 Å².